The van der Waals surface area contributed by atoms with Crippen molar-refractivity contribution in [3.63, 3.8) is 0 Å². The number of methoxy groups -OCH3 is 3. The largest absolute Gasteiger partial charge is 0.497 e. The van der Waals surface area contributed by atoms with Crippen LogP contribution in [0.15, 0.2) is 308 Å². The maximum absolute atomic E-state index is 13.3. The maximum Gasteiger partial charge on any atom is 0.310 e. The number of hydrogen-bond donors (Lipinski definition) is 1. The van der Waals surface area contributed by atoms with Crippen LogP contribution in [0.25, 0.3) is 0 Å². The number of carboxylic acids is 1. The van der Waals surface area contributed by atoms with Gasteiger partial charge in [-0.15, -0.1) is 0 Å². The van der Waals surface area contributed by atoms with E-state index in [9.17, 15) is 22.8 Å². The minimum Gasteiger partial charge on any atom is -0.497 e. The van der Waals surface area contributed by atoms with Gasteiger partial charge in [0, 0.05) is 19.6 Å². The number of ether oxygens (including phenoxy) is 8. The number of sulfone groups is 1. The summed E-state index contributed by atoms with van der Waals surface area (Å²) >= 11 is 3.15. The monoisotopic (exact) mass is 1310 g/mol. The number of esters is 2. The molecule has 0 aromatic heterocycles. The smallest absolute Gasteiger partial charge is 0.310 e. The predicted molar refractivity (Wildman–Crippen MR) is 363 cm³/mol. The SMILES string of the molecule is COc1ccc(Oc2ccc(S(=O)(=O)c3ccccc3CC(=O)OCc3ccccc3)cc2)cc1.COc1ccc(Oc2ccc(Sc3ccccc3CC(=O)O)cc2)cc1.COc1ccc(Oc2ccc(Sc3ccccc3CC(=O)OCc3ccccc3)cc2)cc1. The molecule has 0 aliphatic carbocycles. The second kappa shape index (κ2) is 34.6. The summed E-state index contributed by atoms with van der Waals surface area (Å²) in [6, 6.07) is 84.6. The number of carbonyl (C=O) groups excluding carboxylic acids is 2. The maximum atomic E-state index is 13.3. The van der Waals surface area contributed by atoms with Crippen LogP contribution in [-0.2, 0) is 66.2 Å². The number of carbonyl (C=O) groups is 3. The molecule has 0 heterocycles. The van der Waals surface area contributed by atoms with E-state index in [-0.39, 0.29) is 48.2 Å². The van der Waals surface area contributed by atoms with Crippen LogP contribution in [0.1, 0.15) is 27.8 Å². The zero-order valence-electron chi connectivity index (χ0n) is 51.6. The first kappa shape index (κ1) is 67.7. The van der Waals surface area contributed by atoms with Gasteiger partial charge in [-0.3, -0.25) is 14.4 Å². The van der Waals surface area contributed by atoms with Gasteiger partial charge in [0.2, 0.25) is 9.84 Å². The van der Waals surface area contributed by atoms with Crippen molar-refractivity contribution in [1.29, 1.82) is 0 Å². The van der Waals surface area contributed by atoms with E-state index >= 15 is 0 Å². The van der Waals surface area contributed by atoms with Crippen LogP contribution in [-0.4, -0.2) is 52.8 Å². The van der Waals surface area contributed by atoms with Gasteiger partial charge in [-0.25, -0.2) is 8.42 Å². The minimum absolute atomic E-state index is 0.0157. The fourth-order valence-corrected chi connectivity index (χ4v) is 12.4. The molecule has 0 fully saturated rings. The third-order valence-electron chi connectivity index (χ3n) is 13.8. The van der Waals surface area contributed by atoms with Gasteiger partial charge in [-0.1, -0.05) is 139 Å². The molecule has 476 valence electrons. The van der Waals surface area contributed by atoms with Crippen molar-refractivity contribution in [2.75, 3.05) is 21.3 Å². The van der Waals surface area contributed by atoms with Crippen molar-refractivity contribution in [3.05, 3.63) is 307 Å². The van der Waals surface area contributed by atoms with E-state index in [0.717, 1.165) is 76.3 Å². The highest BCUT2D eigenvalue weighted by Crippen LogP contribution is 2.36. The molecule has 1 N–H and O–H groups in total. The summed E-state index contributed by atoms with van der Waals surface area (Å²) in [5.74, 6) is 4.76. The second-order valence-corrected chi connectivity index (χ2v) is 24.6. The Bertz CT molecular complexity index is 4310. The van der Waals surface area contributed by atoms with E-state index in [0.29, 0.717) is 22.8 Å². The molecule has 0 saturated carbocycles. The first-order valence-electron chi connectivity index (χ1n) is 29.5. The summed E-state index contributed by atoms with van der Waals surface area (Å²) < 4.78 is 70.4. The molecule has 11 aromatic rings. The van der Waals surface area contributed by atoms with Gasteiger partial charge in [-0.05, 0) is 192 Å². The first-order valence-corrected chi connectivity index (χ1v) is 32.6. The Hall–Kier alpha value is -10.7. The Kier molecular flexibility index (Phi) is 24.9. The van der Waals surface area contributed by atoms with Crippen molar-refractivity contribution in [2.45, 2.75) is 61.8 Å². The molecular formula is C77H66O14S3. The fourth-order valence-electron chi connectivity index (χ4n) is 9.02. The third kappa shape index (κ3) is 20.9. The lowest BCUT2D eigenvalue weighted by Crippen LogP contribution is -2.12. The Balaban J connectivity index is 0.000000168. The van der Waals surface area contributed by atoms with Gasteiger partial charge in [-0.2, -0.15) is 0 Å². The van der Waals surface area contributed by atoms with Crippen molar-refractivity contribution in [3.8, 4) is 51.7 Å². The van der Waals surface area contributed by atoms with Crippen LogP contribution in [0.3, 0.4) is 0 Å². The molecule has 0 bridgehead atoms. The van der Waals surface area contributed by atoms with E-state index in [1.807, 2.05) is 206 Å². The van der Waals surface area contributed by atoms with E-state index in [4.69, 9.17) is 43.0 Å². The van der Waals surface area contributed by atoms with Crippen LogP contribution in [0.2, 0.25) is 0 Å². The van der Waals surface area contributed by atoms with Gasteiger partial charge < -0.3 is 43.0 Å². The third-order valence-corrected chi connectivity index (χ3v) is 17.9. The molecule has 0 aliphatic heterocycles. The Morgan fingerprint density at radius 3 is 1.01 bits per heavy atom. The normalized spacial score (nSPS) is 10.6. The number of benzene rings is 11. The molecule has 94 heavy (non-hydrogen) atoms. The van der Waals surface area contributed by atoms with Crippen LogP contribution < -0.4 is 28.4 Å². The molecule has 17 heteroatoms. The summed E-state index contributed by atoms with van der Waals surface area (Å²) in [6.07, 6.45) is 0.0947. The van der Waals surface area contributed by atoms with Gasteiger partial charge in [0.15, 0.2) is 0 Å². The minimum atomic E-state index is -3.86. The number of aliphatic carboxylic acids is 1. The Labute approximate surface area is 555 Å². The zero-order valence-corrected chi connectivity index (χ0v) is 54.0. The molecule has 0 spiro atoms. The lowest BCUT2D eigenvalue weighted by molar-refractivity contribution is -0.145. The van der Waals surface area contributed by atoms with Crippen LogP contribution >= 0.6 is 23.5 Å². The van der Waals surface area contributed by atoms with Gasteiger partial charge >= 0.3 is 17.9 Å². The lowest BCUT2D eigenvalue weighted by atomic mass is 10.1. The van der Waals surface area contributed by atoms with Crippen molar-refractivity contribution < 1.29 is 65.8 Å². The summed E-state index contributed by atoms with van der Waals surface area (Å²) in [7, 11) is 0.986. The molecule has 11 aromatic carbocycles. The standard InChI is InChI=1S/C28H24O6S.C28H24O4S.C21H18O4S/c1-32-23-11-13-24(14-12-23)34-25-15-17-26(18-16-25)35(30,31)27-10-6-5-9-22(27)19-28(29)33-20-21-7-3-2-4-8-21;1-30-23-11-13-24(14-12-23)32-25-15-17-26(18-16-25)33-27-10-6-5-9-22(27)19-28(29)31-20-21-7-3-2-4-8-21;1-24-16-6-8-17(9-7-16)25-18-10-12-19(13-11-18)26-20-5-3-2-4-15(20)14-21(22)23/h2-18H,19-20H2,1H3;2-18H,19-20H2,1H3;2-13H,14H2,1H3,(H,22,23). The molecular weight excluding hydrogens is 1250 g/mol. The van der Waals surface area contributed by atoms with Crippen LogP contribution in [0, 0.1) is 0 Å². The van der Waals surface area contributed by atoms with Gasteiger partial charge in [0.1, 0.15) is 65.0 Å². The molecule has 0 radical (unpaired) electrons. The van der Waals surface area contributed by atoms with Gasteiger partial charge in [0.25, 0.3) is 0 Å². The van der Waals surface area contributed by atoms with Gasteiger partial charge in [0.05, 0.1) is 50.4 Å². The topological polar surface area (TPSA) is 179 Å². The highest BCUT2D eigenvalue weighted by atomic mass is 32.2. The molecule has 0 saturated heterocycles. The number of rotatable bonds is 25. The molecule has 0 amide bonds. The second-order valence-electron chi connectivity index (χ2n) is 20.5. The molecule has 14 nitrogen and oxygen atoms in total. The molecule has 0 unspecified atom stereocenters. The highest BCUT2D eigenvalue weighted by Gasteiger charge is 2.23. The zero-order chi connectivity index (χ0) is 65.9. The van der Waals surface area contributed by atoms with Crippen LogP contribution in [0.5, 0.6) is 51.7 Å². The van der Waals surface area contributed by atoms with Crippen LogP contribution in [0.4, 0.5) is 0 Å². The first-order chi connectivity index (χ1) is 45.8. The summed E-state index contributed by atoms with van der Waals surface area (Å²) in [5.41, 5.74) is 3.97. The molecule has 11 rings (SSSR count). The quantitative estimate of drug-likeness (QED) is 0.0534. The van der Waals surface area contributed by atoms with Crippen molar-refractivity contribution in [2.24, 2.45) is 0 Å². The van der Waals surface area contributed by atoms with E-state index in [1.54, 1.807) is 99.5 Å². The number of hydrogen-bond acceptors (Lipinski definition) is 15. The summed E-state index contributed by atoms with van der Waals surface area (Å²) in [4.78, 5) is 40.0. The Morgan fingerprint density at radius 2 is 0.638 bits per heavy atom. The van der Waals surface area contributed by atoms with E-state index in [1.165, 1.54) is 18.2 Å². The fraction of sp³-hybridized carbons (Fsp3) is 0.104. The lowest BCUT2D eigenvalue weighted by Gasteiger charge is -2.12. The highest BCUT2D eigenvalue weighted by molar-refractivity contribution is 7.99. The van der Waals surface area contributed by atoms with Crippen molar-refractivity contribution in [1.82, 2.24) is 0 Å². The van der Waals surface area contributed by atoms with E-state index < -0.39 is 21.8 Å². The van der Waals surface area contributed by atoms with E-state index in [2.05, 4.69) is 0 Å². The summed E-state index contributed by atoms with van der Waals surface area (Å²) in [5, 5.41) is 9.03. The molecule has 0 aliphatic rings. The average Bonchev–Trinajstić information content (AvgIpc) is 0.810. The summed E-state index contributed by atoms with van der Waals surface area (Å²) in [6.45, 7) is 0.412. The average molecular weight is 1310 g/mol. The van der Waals surface area contributed by atoms with Crippen molar-refractivity contribution >= 4 is 51.3 Å². The molecule has 0 atom stereocenters. The number of carboxylic acid groups (broad SMARTS) is 1. The Morgan fingerprint density at radius 1 is 0.340 bits per heavy atom. The predicted octanol–water partition coefficient (Wildman–Crippen LogP) is 17.8.